The topological polar surface area (TPSA) is 90.6 Å². The molecule has 0 radical (unpaired) electrons. The predicted molar refractivity (Wildman–Crippen MR) is 68.1 cm³/mol. The molecule has 0 aliphatic heterocycles. The first kappa shape index (κ1) is 16.7. The van der Waals surface area contributed by atoms with Crippen LogP contribution in [0.5, 0.6) is 0 Å². The van der Waals surface area contributed by atoms with Crippen molar-refractivity contribution in [2.75, 3.05) is 20.3 Å². The van der Waals surface area contributed by atoms with Crippen LogP contribution in [0.1, 0.15) is 39.0 Å². The Bertz CT molecular complexity index is 246. The van der Waals surface area contributed by atoms with Gasteiger partial charge in [0.05, 0.1) is 13.7 Å². The van der Waals surface area contributed by atoms with Crippen LogP contribution < -0.4 is 11.1 Å². The third kappa shape index (κ3) is 7.89. The number of alkyl carbamates (subject to hydrolysis) is 1. The number of hydrogen-bond donors (Lipinski definition) is 2. The SMILES string of the molecule is CCCCOC(=O)NC(CCCCN)C(=O)OC. The minimum atomic E-state index is -0.657. The molecule has 106 valence electrons. The highest BCUT2D eigenvalue weighted by atomic mass is 16.6. The van der Waals surface area contributed by atoms with Crippen molar-refractivity contribution in [3.63, 3.8) is 0 Å². The van der Waals surface area contributed by atoms with Crippen LogP contribution in [0, 0.1) is 0 Å². The Kier molecular flexibility index (Phi) is 10.0. The second-order valence-corrected chi connectivity index (χ2v) is 3.99. The number of esters is 1. The molecular formula is C12H24N2O4. The molecule has 0 aliphatic rings. The van der Waals surface area contributed by atoms with Gasteiger partial charge in [0.2, 0.25) is 0 Å². The molecule has 0 aromatic heterocycles. The van der Waals surface area contributed by atoms with Crippen LogP contribution >= 0.6 is 0 Å². The van der Waals surface area contributed by atoms with Crippen LogP contribution in [0.25, 0.3) is 0 Å². The summed E-state index contributed by atoms with van der Waals surface area (Å²) in [6, 6.07) is -0.657. The summed E-state index contributed by atoms with van der Waals surface area (Å²) in [5, 5.41) is 2.51. The summed E-state index contributed by atoms with van der Waals surface area (Å²) >= 11 is 0. The van der Waals surface area contributed by atoms with Crippen molar-refractivity contribution >= 4 is 12.1 Å². The van der Waals surface area contributed by atoms with E-state index in [-0.39, 0.29) is 0 Å². The number of amides is 1. The summed E-state index contributed by atoms with van der Waals surface area (Å²) < 4.78 is 9.56. The molecular weight excluding hydrogens is 236 g/mol. The van der Waals surface area contributed by atoms with Gasteiger partial charge in [-0.05, 0) is 32.2 Å². The minimum Gasteiger partial charge on any atom is -0.467 e. The second kappa shape index (κ2) is 10.8. The Hall–Kier alpha value is -1.30. The smallest absolute Gasteiger partial charge is 0.407 e. The van der Waals surface area contributed by atoms with E-state index in [2.05, 4.69) is 10.1 Å². The number of methoxy groups -OCH3 is 1. The Morgan fingerprint density at radius 1 is 1.28 bits per heavy atom. The van der Waals surface area contributed by atoms with Crippen LogP contribution in [0.3, 0.4) is 0 Å². The van der Waals surface area contributed by atoms with E-state index in [1.807, 2.05) is 6.92 Å². The maximum atomic E-state index is 11.4. The van der Waals surface area contributed by atoms with Crippen molar-refractivity contribution in [3.05, 3.63) is 0 Å². The van der Waals surface area contributed by atoms with Gasteiger partial charge in [0.15, 0.2) is 0 Å². The number of carbonyl (C=O) groups is 2. The molecule has 0 spiro atoms. The lowest BCUT2D eigenvalue weighted by atomic mass is 10.1. The molecule has 0 saturated carbocycles. The van der Waals surface area contributed by atoms with E-state index in [4.69, 9.17) is 10.5 Å². The lowest BCUT2D eigenvalue weighted by Crippen LogP contribution is -2.41. The molecule has 0 aromatic carbocycles. The largest absolute Gasteiger partial charge is 0.467 e. The van der Waals surface area contributed by atoms with Gasteiger partial charge in [-0.15, -0.1) is 0 Å². The van der Waals surface area contributed by atoms with Gasteiger partial charge in [0.25, 0.3) is 0 Å². The second-order valence-electron chi connectivity index (χ2n) is 3.99. The fourth-order valence-corrected chi connectivity index (χ4v) is 1.38. The molecule has 1 unspecified atom stereocenters. The molecule has 0 bridgehead atoms. The summed E-state index contributed by atoms with van der Waals surface area (Å²) in [7, 11) is 1.29. The van der Waals surface area contributed by atoms with E-state index in [0.29, 0.717) is 19.6 Å². The number of unbranched alkanes of at least 4 members (excludes halogenated alkanes) is 2. The number of nitrogens with two attached hydrogens (primary N) is 1. The normalized spacial score (nSPS) is 11.7. The van der Waals surface area contributed by atoms with Crippen LogP contribution in [-0.2, 0) is 14.3 Å². The minimum absolute atomic E-state index is 0.360. The number of ether oxygens (including phenoxy) is 2. The molecule has 0 heterocycles. The summed E-state index contributed by atoms with van der Waals surface area (Å²) in [4.78, 5) is 22.9. The molecule has 6 heteroatoms. The monoisotopic (exact) mass is 260 g/mol. The number of hydrogen-bond acceptors (Lipinski definition) is 5. The maximum absolute atomic E-state index is 11.4. The number of carbonyl (C=O) groups excluding carboxylic acids is 2. The highest BCUT2D eigenvalue weighted by Gasteiger charge is 2.21. The Morgan fingerprint density at radius 3 is 2.56 bits per heavy atom. The van der Waals surface area contributed by atoms with Gasteiger partial charge >= 0.3 is 12.1 Å². The van der Waals surface area contributed by atoms with Crippen molar-refractivity contribution in [3.8, 4) is 0 Å². The number of rotatable bonds is 9. The van der Waals surface area contributed by atoms with E-state index < -0.39 is 18.1 Å². The molecule has 1 amide bonds. The fourth-order valence-electron chi connectivity index (χ4n) is 1.38. The van der Waals surface area contributed by atoms with Gasteiger partial charge in [-0.1, -0.05) is 13.3 Å². The molecule has 6 nitrogen and oxygen atoms in total. The maximum Gasteiger partial charge on any atom is 0.407 e. The van der Waals surface area contributed by atoms with Crippen LogP contribution in [-0.4, -0.2) is 38.4 Å². The van der Waals surface area contributed by atoms with Crippen LogP contribution in [0.4, 0.5) is 4.79 Å². The summed E-state index contributed by atoms with van der Waals surface area (Å²) in [5.41, 5.74) is 5.38. The van der Waals surface area contributed by atoms with Crippen molar-refractivity contribution in [2.24, 2.45) is 5.73 Å². The van der Waals surface area contributed by atoms with Crippen molar-refractivity contribution in [2.45, 2.75) is 45.1 Å². The molecule has 18 heavy (non-hydrogen) atoms. The molecule has 0 aliphatic carbocycles. The Labute approximate surface area is 108 Å². The van der Waals surface area contributed by atoms with Crippen molar-refractivity contribution in [1.82, 2.24) is 5.32 Å². The third-order valence-electron chi connectivity index (χ3n) is 2.46. The average molecular weight is 260 g/mol. The molecule has 1 atom stereocenters. The quantitative estimate of drug-likeness (QED) is 0.480. The molecule has 0 saturated heterocycles. The first-order chi connectivity index (χ1) is 8.65. The first-order valence-corrected chi connectivity index (χ1v) is 6.36. The first-order valence-electron chi connectivity index (χ1n) is 6.36. The zero-order valence-electron chi connectivity index (χ0n) is 11.2. The summed E-state index contributed by atoms with van der Waals surface area (Å²) in [6.07, 6.45) is 3.25. The molecule has 3 N–H and O–H groups in total. The average Bonchev–Trinajstić information content (AvgIpc) is 2.37. The highest BCUT2D eigenvalue weighted by molar-refractivity contribution is 5.81. The van der Waals surface area contributed by atoms with Gasteiger partial charge in [-0.2, -0.15) is 0 Å². The van der Waals surface area contributed by atoms with Crippen LogP contribution in [0.15, 0.2) is 0 Å². The van der Waals surface area contributed by atoms with Gasteiger partial charge < -0.3 is 20.5 Å². The predicted octanol–water partition coefficient (Wildman–Crippen LogP) is 1.18. The lowest BCUT2D eigenvalue weighted by molar-refractivity contribution is -0.143. The lowest BCUT2D eigenvalue weighted by Gasteiger charge is -2.16. The zero-order valence-corrected chi connectivity index (χ0v) is 11.2. The zero-order chi connectivity index (χ0) is 13.8. The Balaban J connectivity index is 4.05. The van der Waals surface area contributed by atoms with E-state index in [1.54, 1.807) is 0 Å². The third-order valence-corrected chi connectivity index (χ3v) is 2.46. The standard InChI is InChI=1S/C12H24N2O4/c1-3-4-9-18-12(16)14-10(11(15)17-2)7-5-6-8-13/h10H,3-9,13H2,1-2H3,(H,14,16). The van der Waals surface area contributed by atoms with Gasteiger partial charge in [0, 0.05) is 0 Å². The van der Waals surface area contributed by atoms with Crippen molar-refractivity contribution in [1.29, 1.82) is 0 Å². The fraction of sp³-hybridized carbons (Fsp3) is 0.833. The summed E-state index contributed by atoms with van der Waals surface area (Å²) in [5.74, 6) is -0.459. The molecule has 0 fully saturated rings. The van der Waals surface area contributed by atoms with Gasteiger partial charge in [0.1, 0.15) is 6.04 Å². The summed E-state index contributed by atoms with van der Waals surface area (Å²) in [6.45, 7) is 2.93. The van der Waals surface area contributed by atoms with E-state index in [1.165, 1.54) is 7.11 Å². The number of nitrogens with one attached hydrogen (secondary N) is 1. The van der Waals surface area contributed by atoms with Gasteiger partial charge in [-0.3, -0.25) is 0 Å². The highest BCUT2D eigenvalue weighted by Crippen LogP contribution is 2.03. The van der Waals surface area contributed by atoms with Crippen molar-refractivity contribution < 1.29 is 19.1 Å². The van der Waals surface area contributed by atoms with E-state index in [9.17, 15) is 9.59 Å². The van der Waals surface area contributed by atoms with Gasteiger partial charge in [-0.25, -0.2) is 9.59 Å². The molecule has 0 aromatic rings. The van der Waals surface area contributed by atoms with E-state index >= 15 is 0 Å². The van der Waals surface area contributed by atoms with Crippen LogP contribution in [0.2, 0.25) is 0 Å². The van der Waals surface area contributed by atoms with E-state index in [0.717, 1.165) is 25.7 Å². The Morgan fingerprint density at radius 2 is 2.00 bits per heavy atom. The molecule has 0 rings (SSSR count).